The van der Waals surface area contributed by atoms with E-state index in [1.165, 1.54) is 4.90 Å². The Hall–Kier alpha value is -2.41. The van der Waals surface area contributed by atoms with Crippen molar-refractivity contribution in [1.29, 1.82) is 5.41 Å². The number of aldehydes is 1. The van der Waals surface area contributed by atoms with Crippen LogP contribution in [0.25, 0.3) is 0 Å². The van der Waals surface area contributed by atoms with E-state index in [9.17, 15) is 9.59 Å². The van der Waals surface area contributed by atoms with Crippen LogP contribution >= 0.6 is 0 Å². The van der Waals surface area contributed by atoms with Crippen molar-refractivity contribution in [2.24, 2.45) is 0 Å². The van der Waals surface area contributed by atoms with Gasteiger partial charge in [0.05, 0.1) is 0 Å². The highest BCUT2D eigenvalue weighted by Crippen LogP contribution is 2.25. The molecule has 23 heavy (non-hydrogen) atoms. The Labute approximate surface area is 136 Å². The van der Waals surface area contributed by atoms with Crippen molar-refractivity contribution in [2.45, 2.75) is 6.42 Å². The predicted molar refractivity (Wildman–Crippen MR) is 91.4 cm³/mol. The summed E-state index contributed by atoms with van der Waals surface area (Å²) in [5.41, 5.74) is 2.53. The molecule has 0 unspecified atom stereocenters. The third kappa shape index (κ3) is 4.07. The number of carbonyl (C=O) groups is 2. The minimum Gasteiger partial charge on any atom is -0.387 e. The zero-order chi connectivity index (χ0) is 16.7. The van der Waals surface area contributed by atoms with Gasteiger partial charge in [-0.05, 0) is 18.2 Å². The van der Waals surface area contributed by atoms with Gasteiger partial charge in [-0.25, -0.2) is 0 Å². The molecule has 1 aliphatic heterocycles. The van der Waals surface area contributed by atoms with Gasteiger partial charge in [0.1, 0.15) is 12.1 Å². The summed E-state index contributed by atoms with van der Waals surface area (Å²) in [5, 5.41) is 14.7. The van der Waals surface area contributed by atoms with Crippen LogP contribution in [0.5, 0.6) is 0 Å². The fourth-order valence-corrected chi connectivity index (χ4v) is 2.63. The smallest absolute Gasteiger partial charge is 0.215 e. The third-order valence-electron chi connectivity index (χ3n) is 3.91. The monoisotopic (exact) mass is 317 g/mol. The molecule has 3 N–H and O–H groups in total. The second-order valence-electron chi connectivity index (χ2n) is 5.32. The minimum atomic E-state index is 0.0954. The van der Waals surface area contributed by atoms with E-state index < -0.39 is 0 Å². The number of carbonyl (C=O) groups excluding carboxylic acids is 2. The van der Waals surface area contributed by atoms with E-state index in [0.29, 0.717) is 12.0 Å². The van der Waals surface area contributed by atoms with Crippen molar-refractivity contribution in [1.82, 2.24) is 10.2 Å². The topological polar surface area (TPSA) is 88.5 Å². The fraction of sp³-hybridized carbons (Fsp3) is 0.438. The molecule has 1 aliphatic rings. The Morgan fingerprint density at radius 1 is 1.39 bits per heavy atom. The van der Waals surface area contributed by atoms with E-state index in [1.807, 2.05) is 18.2 Å². The van der Waals surface area contributed by atoms with Crippen molar-refractivity contribution in [3.8, 4) is 0 Å². The highest BCUT2D eigenvalue weighted by atomic mass is 16.1. The molecule has 0 aromatic heterocycles. The van der Waals surface area contributed by atoms with Gasteiger partial charge in [0.2, 0.25) is 6.41 Å². The summed E-state index contributed by atoms with van der Waals surface area (Å²) in [4.78, 5) is 25.2. The van der Waals surface area contributed by atoms with Crippen molar-refractivity contribution < 1.29 is 9.59 Å². The van der Waals surface area contributed by atoms with Crippen molar-refractivity contribution >= 4 is 29.9 Å². The van der Waals surface area contributed by atoms with E-state index in [-0.39, 0.29) is 18.8 Å². The molecule has 0 bridgehead atoms. The number of nitrogens with zero attached hydrogens (tertiary/aromatic N) is 2. The Kier molecular flexibility index (Phi) is 6.10. The van der Waals surface area contributed by atoms with Crippen LogP contribution in [0.15, 0.2) is 18.2 Å². The van der Waals surface area contributed by atoms with Crippen molar-refractivity contribution in [2.75, 3.05) is 50.0 Å². The second kappa shape index (κ2) is 8.28. The second-order valence-corrected chi connectivity index (χ2v) is 5.32. The highest BCUT2D eigenvalue weighted by Gasteiger charge is 2.17. The predicted octanol–water partition coefficient (Wildman–Crippen LogP) is 0.511. The Morgan fingerprint density at radius 2 is 2.13 bits per heavy atom. The fourth-order valence-electron chi connectivity index (χ4n) is 2.63. The molecule has 0 spiro atoms. The summed E-state index contributed by atoms with van der Waals surface area (Å²) in [7, 11) is 1.80. The van der Waals surface area contributed by atoms with Gasteiger partial charge in [-0.2, -0.15) is 0 Å². The molecule has 7 nitrogen and oxygen atoms in total. The average Bonchev–Trinajstić information content (AvgIpc) is 2.62. The summed E-state index contributed by atoms with van der Waals surface area (Å²) in [6.45, 7) is 4.02. The lowest BCUT2D eigenvalue weighted by molar-refractivity contribution is -0.115. The van der Waals surface area contributed by atoms with Gasteiger partial charge in [0.15, 0.2) is 0 Å². The maximum absolute atomic E-state index is 11.2. The molecule has 0 atom stereocenters. The standard InChI is InChI=1S/C16H23N5O2/c1-18-15-11-13(20-8-5-19-6-9-20)3-4-14(15)16(17)21(12-23)7-2-10-22/h3-4,10-12,17-19H,2,5-9H2,1H3. The first-order chi connectivity index (χ1) is 11.2. The first-order valence-electron chi connectivity index (χ1n) is 7.73. The normalized spacial score (nSPS) is 14.2. The molecule has 7 heteroatoms. The zero-order valence-corrected chi connectivity index (χ0v) is 13.3. The molecular formula is C16H23N5O2. The van der Waals surface area contributed by atoms with Crippen LogP contribution in [-0.4, -0.2) is 63.2 Å². The van der Waals surface area contributed by atoms with Crippen LogP contribution in [0, 0.1) is 5.41 Å². The number of hydrogen-bond donors (Lipinski definition) is 3. The molecule has 1 aromatic rings. The molecule has 124 valence electrons. The lowest BCUT2D eigenvalue weighted by Gasteiger charge is -2.30. The lowest BCUT2D eigenvalue weighted by Crippen LogP contribution is -2.43. The molecule has 2 rings (SSSR count). The van der Waals surface area contributed by atoms with Gasteiger partial charge in [-0.1, -0.05) is 0 Å². The number of anilines is 2. The molecular weight excluding hydrogens is 294 g/mol. The lowest BCUT2D eigenvalue weighted by atomic mass is 10.1. The largest absolute Gasteiger partial charge is 0.387 e. The molecule has 0 aliphatic carbocycles. The highest BCUT2D eigenvalue weighted by molar-refractivity contribution is 6.06. The summed E-state index contributed by atoms with van der Waals surface area (Å²) < 4.78 is 0. The van der Waals surface area contributed by atoms with Crippen LogP contribution in [0.2, 0.25) is 0 Å². The number of nitrogens with one attached hydrogen (secondary N) is 3. The van der Waals surface area contributed by atoms with Gasteiger partial charge in [-0.15, -0.1) is 0 Å². The summed E-state index contributed by atoms with van der Waals surface area (Å²) in [5.74, 6) is 0.0954. The van der Waals surface area contributed by atoms with E-state index in [0.717, 1.165) is 43.8 Å². The van der Waals surface area contributed by atoms with Gasteiger partial charge in [0.25, 0.3) is 0 Å². The SMILES string of the molecule is CNc1cc(N2CCNCC2)ccc1C(=N)N(C=O)CCC=O. The maximum Gasteiger partial charge on any atom is 0.215 e. The molecule has 1 amide bonds. The van der Waals surface area contributed by atoms with E-state index in [1.54, 1.807) is 7.05 Å². The molecule has 0 saturated carbocycles. The number of amidine groups is 1. The summed E-state index contributed by atoms with van der Waals surface area (Å²) in [6, 6.07) is 5.82. The Balaban J connectivity index is 2.22. The summed E-state index contributed by atoms with van der Waals surface area (Å²) in [6.07, 6.45) is 1.56. The first-order valence-corrected chi connectivity index (χ1v) is 7.73. The molecule has 1 aromatic carbocycles. The van der Waals surface area contributed by atoms with Gasteiger partial charge >= 0.3 is 0 Å². The van der Waals surface area contributed by atoms with Gasteiger partial charge in [0, 0.05) is 63.1 Å². The molecule has 1 saturated heterocycles. The number of amides is 1. The van der Waals surface area contributed by atoms with Gasteiger partial charge < -0.3 is 20.3 Å². The average molecular weight is 317 g/mol. The molecule has 1 heterocycles. The van der Waals surface area contributed by atoms with Crippen molar-refractivity contribution in [3.63, 3.8) is 0 Å². The van der Waals surface area contributed by atoms with Gasteiger partial charge in [-0.3, -0.25) is 15.1 Å². The van der Waals surface area contributed by atoms with E-state index in [4.69, 9.17) is 5.41 Å². The van der Waals surface area contributed by atoms with Crippen LogP contribution < -0.4 is 15.5 Å². The Bertz CT molecular complexity index is 570. The molecule has 0 radical (unpaired) electrons. The quantitative estimate of drug-likeness (QED) is 0.387. The number of piperazine rings is 1. The molecule has 1 fully saturated rings. The number of rotatable bonds is 7. The van der Waals surface area contributed by atoms with Crippen LogP contribution in [0.3, 0.4) is 0 Å². The summed E-state index contributed by atoms with van der Waals surface area (Å²) >= 11 is 0. The maximum atomic E-state index is 11.2. The van der Waals surface area contributed by atoms with Crippen LogP contribution in [-0.2, 0) is 9.59 Å². The van der Waals surface area contributed by atoms with Crippen LogP contribution in [0.4, 0.5) is 11.4 Å². The first kappa shape index (κ1) is 17.0. The minimum absolute atomic E-state index is 0.0954. The number of hydrogen-bond acceptors (Lipinski definition) is 6. The number of benzene rings is 1. The zero-order valence-electron chi connectivity index (χ0n) is 13.3. The van der Waals surface area contributed by atoms with E-state index >= 15 is 0 Å². The van der Waals surface area contributed by atoms with Crippen molar-refractivity contribution in [3.05, 3.63) is 23.8 Å². The Morgan fingerprint density at radius 3 is 2.74 bits per heavy atom. The van der Waals surface area contributed by atoms with Crippen LogP contribution in [0.1, 0.15) is 12.0 Å². The third-order valence-corrected chi connectivity index (χ3v) is 3.91. The van der Waals surface area contributed by atoms with E-state index in [2.05, 4.69) is 15.5 Å².